The van der Waals surface area contributed by atoms with Gasteiger partial charge in [0.1, 0.15) is 0 Å². The SMILES string of the molecule is CCCC(C)C(NN)C(OC)C(C)C. The van der Waals surface area contributed by atoms with Gasteiger partial charge in [-0.2, -0.15) is 0 Å². The molecule has 0 aromatic carbocycles. The molecule has 0 aromatic rings. The van der Waals surface area contributed by atoms with Gasteiger partial charge in [0.2, 0.25) is 0 Å². The van der Waals surface area contributed by atoms with Crippen LogP contribution in [-0.2, 0) is 4.74 Å². The molecule has 0 radical (unpaired) electrons. The van der Waals surface area contributed by atoms with Crippen molar-refractivity contribution in [2.45, 2.75) is 52.7 Å². The van der Waals surface area contributed by atoms with Crippen LogP contribution in [0.4, 0.5) is 0 Å². The van der Waals surface area contributed by atoms with Gasteiger partial charge in [0, 0.05) is 7.11 Å². The third kappa shape index (κ3) is 3.95. The second kappa shape index (κ2) is 7.21. The van der Waals surface area contributed by atoms with Crippen molar-refractivity contribution in [3.63, 3.8) is 0 Å². The number of hydrogen-bond donors (Lipinski definition) is 2. The molecule has 0 aliphatic rings. The van der Waals surface area contributed by atoms with Gasteiger partial charge in [0.15, 0.2) is 0 Å². The van der Waals surface area contributed by atoms with E-state index in [-0.39, 0.29) is 12.1 Å². The summed E-state index contributed by atoms with van der Waals surface area (Å²) in [6, 6.07) is 0.250. The fraction of sp³-hybridized carbons (Fsp3) is 1.00. The van der Waals surface area contributed by atoms with Crippen LogP contribution in [0.15, 0.2) is 0 Å². The van der Waals surface area contributed by atoms with Crippen LogP contribution >= 0.6 is 0 Å². The summed E-state index contributed by atoms with van der Waals surface area (Å²) in [6.45, 7) is 8.75. The molecule has 0 saturated carbocycles. The number of hydrogen-bond acceptors (Lipinski definition) is 3. The smallest absolute Gasteiger partial charge is 0.0763 e. The van der Waals surface area contributed by atoms with Gasteiger partial charge >= 0.3 is 0 Å². The number of methoxy groups -OCH3 is 1. The van der Waals surface area contributed by atoms with Gasteiger partial charge in [0.25, 0.3) is 0 Å². The summed E-state index contributed by atoms with van der Waals surface area (Å²) in [5.74, 6) is 6.63. The fourth-order valence-corrected chi connectivity index (χ4v) is 2.05. The van der Waals surface area contributed by atoms with Crippen molar-refractivity contribution in [3.8, 4) is 0 Å². The Bertz CT molecular complexity index is 139. The second-order valence-electron chi connectivity index (χ2n) is 4.40. The molecular formula is C11H26N2O. The molecule has 0 heterocycles. The summed E-state index contributed by atoms with van der Waals surface area (Å²) in [7, 11) is 1.76. The Balaban J connectivity index is 4.34. The van der Waals surface area contributed by atoms with E-state index in [9.17, 15) is 0 Å². The lowest BCUT2D eigenvalue weighted by Gasteiger charge is -2.32. The number of hydrazine groups is 1. The van der Waals surface area contributed by atoms with Crippen molar-refractivity contribution in [2.75, 3.05) is 7.11 Å². The molecule has 0 saturated heterocycles. The summed E-state index contributed by atoms with van der Waals surface area (Å²) in [6.07, 6.45) is 2.57. The molecule has 3 atom stereocenters. The highest BCUT2D eigenvalue weighted by Gasteiger charge is 2.27. The lowest BCUT2D eigenvalue weighted by atomic mass is 9.88. The predicted octanol–water partition coefficient (Wildman–Crippen LogP) is 1.93. The minimum atomic E-state index is 0.196. The van der Waals surface area contributed by atoms with Gasteiger partial charge in [0.05, 0.1) is 12.1 Å². The van der Waals surface area contributed by atoms with Gasteiger partial charge in [-0.15, -0.1) is 0 Å². The monoisotopic (exact) mass is 202 g/mol. The lowest BCUT2D eigenvalue weighted by Crippen LogP contribution is -2.50. The summed E-state index contributed by atoms with van der Waals surface area (Å²) in [4.78, 5) is 0. The van der Waals surface area contributed by atoms with Crippen molar-refractivity contribution in [2.24, 2.45) is 17.7 Å². The van der Waals surface area contributed by atoms with Crippen molar-refractivity contribution < 1.29 is 4.74 Å². The average molecular weight is 202 g/mol. The largest absolute Gasteiger partial charge is 0.380 e. The van der Waals surface area contributed by atoms with Crippen LogP contribution in [-0.4, -0.2) is 19.3 Å². The maximum Gasteiger partial charge on any atom is 0.0763 e. The molecule has 3 N–H and O–H groups in total. The van der Waals surface area contributed by atoms with E-state index in [0.717, 1.165) is 0 Å². The van der Waals surface area contributed by atoms with Gasteiger partial charge in [-0.1, -0.05) is 34.1 Å². The van der Waals surface area contributed by atoms with Crippen LogP contribution in [0.25, 0.3) is 0 Å². The topological polar surface area (TPSA) is 47.3 Å². The van der Waals surface area contributed by atoms with Gasteiger partial charge < -0.3 is 4.74 Å². The summed E-state index contributed by atoms with van der Waals surface area (Å²) >= 11 is 0. The quantitative estimate of drug-likeness (QED) is 0.490. The molecule has 3 unspecified atom stereocenters. The van der Waals surface area contributed by atoms with E-state index >= 15 is 0 Å². The van der Waals surface area contributed by atoms with Crippen LogP contribution in [0.2, 0.25) is 0 Å². The molecular weight excluding hydrogens is 176 g/mol. The highest BCUT2D eigenvalue weighted by molar-refractivity contribution is 4.81. The molecule has 0 aliphatic carbocycles. The Morgan fingerprint density at radius 2 is 1.86 bits per heavy atom. The first-order chi connectivity index (χ1) is 6.58. The minimum absolute atomic E-state index is 0.196. The molecule has 0 rings (SSSR count). The Kier molecular flexibility index (Phi) is 7.15. The molecule has 14 heavy (non-hydrogen) atoms. The number of nitrogens with two attached hydrogens (primary N) is 1. The molecule has 0 aliphatic heterocycles. The average Bonchev–Trinajstić information content (AvgIpc) is 2.13. The highest BCUT2D eigenvalue weighted by atomic mass is 16.5. The van der Waals surface area contributed by atoms with Crippen molar-refractivity contribution >= 4 is 0 Å². The lowest BCUT2D eigenvalue weighted by molar-refractivity contribution is 0.0158. The van der Waals surface area contributed by atoms with E-state index in [1.54, 1.807) is 7.11 Å². The molecule has 86 valence electrons. The Morgan fingerprint density at radius 1 is 1.29 bits per heavy atom. The van der Waals surface area contributed by atoms with Crippen molar-refractivity contribution in [1.82, 2.24) is 5.43 Å². The first-order valence-corrected chi connectivity index (χ1v) is 5.57. The van der Waals surface area contributed by atoms with Crippen LogP contribution in [0.1, 0.15) is 40.5 Å². The number of ether oxygens (including phenoxy) is 1. The molecule has 0 spiro atoms. The minimum Gasteiger partial charge on any atom is -0.380 e. The summed E-state index contributed by atoms with van der Waals surface area (Å²) in [5.41, 5.74) is 2.89. The van der Waals surface area contributed by atoms with Crippen LogP contribution < -0.4 is 11.3 Å². The van der Waals surface area contributed by atoms with E-state index in [1.165, 1.54) is 12.8 Å². The second-order valence-corrected chi connectivity index (χ2v) is 4.40. The highest BCUT2D eigenvalue weighted by Crippen LogP contribution is 2.19. The molecule has 0 bridgehead atoms. The molecule has 3 heteroatoms. The standard InChI is InChI=1S/C11H26N2O/c1-6-7-9(4)10(13-12)11(14-5)8(2)3/h8-11,13H,6-7,12H2,1-5H3. The van der Waals surface area contributed by atoms with Gasteiger partial charge in [-0.3, -0.25) is 11.3 Å². The Morgan fingerprint density at radius 3 is 2.14 bits per heavy atom. The van der Waals surface area contributed by atoms with E-state index in [0.29, 0.717) is 11.8 Å². The molecule has 0 aromatic heterocycles. The zero-order valence-electron chi connectivity index (χ0n) is 10.2. The molecule has 0 fully saturated rings. The zero-order valence-corrected chi connectivity index (χ0v) is 10.2. The van der Waals surface area contributed by atoms with Gasteiger partial charge in [-0.05, 0) is 18.3 Å². The molecule has 0 amide bonds. The molecule has 3 nitrogen and oxygen atoms in total. The third-order valence-electron chi connectivity index (χ3n) is 2.83. The number of rotatable bonds is 7. The first-order valence-electron chi connectivity index (χ1n) is 5.57. The Labute approximate surface area is 88.4 Å². The number of nitrogens with one attached hydrogen (secondary N) is 1. The Hall–Kier alpha value is -0.120. The summed E-state index contributed by atoms with van der Waals surface area (Å²) in [5, 5.41) is 0. The van der Waals surface area contributed by atoms with E-state index in [1.807, 2.05) is 0 Å². The fourth-order valence-electron chi connectivity index (χ4n) is 2.05. The van der Waals surface area contributed by atoms with E-state index in [2.05, 4.69) is 33.1 Å². The normalized spacial score (nSPS) is 18.2. The van der Waals surface area contributed by atoms with Crippen LogP contribution in [0.3, 0.4) is 0 Å². The predicted molar refractivity (Wildman–Crippen MR) is 60.8 cm³/mol. The van der Waals surface area contributed by atoms with E-state index in [4.69, 9.17) is 10.6 Å². The summed E-state index contributed by atoms with van der Waals surface area (Å²) < 4.78 is 5.49. The van der Waals surface area contributed by atoms with Crippen molar-refractivity contribution in [1.29, 1.82) is 0 Å². The van der Waals surface area contributed by atoms with Crippen LogP contribution in [0.5, 0.6) is 0 Å². The van der Waals surface area contributed by atoms with E-state index < -0.39 is 0 Å². The van der Waals surface area contributed by atoms with Crippen LogP contribution in [0, 0.1) is 11.8 Å². The maximum atomic E-state index is 5.59. The van der Waals surface area contributed by atoms with Gasteiger partial charge in [-0.25, -0.2) is 0 Å². The van der Waals surface area contributed by atoms with Crippen molar-refractivity contribution in [3.05, 3.63) is 0 Å². The third-order valence-corrected chi connectivity index (χ3v) is 2.83. The zero-order chi connectivity index (χ0) is 11.1. The maximum absolute atomic E-state index is 5.59. The first kappa shape index (κ1) is 13.9.